The first kappa shape index (κ1) is 9.25. The summed E-state index contributed by atoms with van der Waals surface area (Å²) < 4.78 is 0. The summed E-state index contributed by atoms with van der Waals surface area (Å²) in [6.45, 7) is 0.528. The zero-order chi connectivity index (χ0) is 9.36. The second-order valence-corrected chi connectivity index (χ2v) is 2.47. The maximum absolute atomic E-state index is 8.23. The minimum Gasteiger partial charge on any atom is -0.242 e. The molecule has 0 aliphatic rings. The van der Waals surface area contributed by atoms with Crippen LogP contribution >= 0.6 is 0 Å². The Morgan fingerprint density at radius 2 is 2.08 bits per heavy atom. The third-order valence-corrected chi connectivity index (χ3v) is 1.46. The lowest BCUT2D eigenvalue weighted by atomic mass is 10.2. The molecular weight excluding hydrogens is 160 g/mol. The highest BCUT2D eigenvalue weighted by molar-refractivity contribution is 5.77. The van der Waals surface area contributed by atoms with Crippen LogP contribution in [-0.4, -0.2) is 12.4 Å². The van der Waals surface area contributed by atoms with Crippen molar-refractivity contribution in [3.63, 3.8) is 0 Å². The van der Waals surface area contributed by atoms with Crippen molar-refractivity contribution < 1.29 is 0 Å². The third kappa shape index (κ3) is 3.91. The minimum absolute atomic E-state index is 0.454. The highest BCUT2D eigenvalue weighted by atomic mass is 14.7. The van der Waals surface area contributed by atoms with Crippen LogP contribution in [0.15, 0.2) is 35.3 Å². The van der Waals surface area contributed by atoms with Gasteiger partial charge in [0.05, 0.1) is 19.0 Å². The largest absolute Gasteiger partial charge is 0.242 e. The highest BCUT2D eigenvalue weighted by Gasteiger charge is 1.80. The third-order valence-electron chi connectivity index (χ3n) is 1.46. The molecule has 0 radical (unpaired) electrons. The summed E-state index contributed by atoms with van der Waals surface area (Å²) in [5.41, 5.74) is 1.07. The summed E-state index contributed by atoms with van der Waals surface area (Å²) >= 11 is 0. The van der Waals surface area contributed by atoms with Gasteiger partial charge in [-0.1, -0.05) is 30.3 Å². The maximum Gasteiger partial charge on any atom is 0.0641 e. The van der Waals surface area contributed by atoms with E-state index in [0.29, 0.717) is 13.0 Å². The van der Waals surface area contributed by atoms with E-state index in [1.807, 2.05) is 36.4 Å². The standard InChI is InChI=1S/C11H10N2/c12-8-4-9-13-10-7-11-5-2-1-3-6-11/h1-3,5-7H,4,9H2. The van der Waals surface area contributed by atoms with E-state index in [1.54, 1.807) is 6.08 Å². The molecule has 0 atom stereocenters. The maximum atomic E-state index is 8.23. The fourth-order valence-corrected chi connectivity index (χ4v) is 0.840. The zero-order valence-corrected chi connectivity index (χ0v) is 7.27. The van der Waals surface area contributed by atoms with Crippen molar-refractivity contribution in [2.45, 2.75) is 6.42 Å². The fraction of sp³-hybridized carbons (Fsp3) is 0.182. The molecule has 0 amide bonds. The van der Waals surface area contributed by atoms with E-state index in [0.717, 1.165) is 5.56 Å². The van der Waals surface area contributed by atoms with Crippen LogP contribution in [0.3, 0.4) is 0 Å². The first-order chi connectivity index (χ1) is 6.43. The molecule has 1 rings (SSSR count). The first-order valence-electron chi connectivity index (χ1n) is 4.11. The van der Waals surface area contributed by atoms with Crippen molar-refractivity contribution in [2.24, 2.45) is 4.99 Å². The van der Waals surface area contributed by atoms with E-state index in [2.05, 4.69) is 10.9 Å². The molecule has 2 heteroatoms. The lowest BCUT2D eigenvalue weighted by Crippen LogP contribution is -1.74. The minimum atomic E-state index is 0.454. The van der Waals surface area contributed by atoms with Gasteiger partial charge in [-0.05, 0) is 11.4 Å². The van der Waals surface area contributed by atoms with Crippen molar-refractivity contribution >= 4 is 11.9 Å². The van der Waals surface area contributed by atoms with Gasteiger partial charge in [-0.2, -0.15) is 5.26 Å². The Kier molecular flexibility index (Phi) is 4.10. The summed E-state index contributed by atoms with van der Waals surface area (Å²) in [4.78, 5) is 3.93. The molecule has 1 aromatic carbocycles. The topological polar surface area (TPSA) is 36.1 Å². The Morgan fingerprint density at radius 3 is 2.77 bits per heavy atom. The molecule has 1 aromatic rings. The van der Waals surface area contributed by atoms with E-state index in [4.69, 9.17) is 5.26 Å². The summed E-state index contributed by atoms with van der Waals surface area (Å²) in [6, 6.07) is 11.9. The van der Waals surface area contributed by atoms with Gasteiger partial charge in [-0.3, -0.25) is 0 Å². The second kappa shape index (κ2) is 5.77. The molecule has 13 heavy (non-hydrogen) atoms. The van der Waals surface area contributed by atoms with E-state index >= 15 is 0 Å². The average molecular weight is 170 g/mol. The molecule has 0 saturated carbocycles. The quantitative estimate of drug-likeness (QED) is 0.506. The van der Waals surface area contributed by atoms with Crippen LogP contribution in [0.4, 0.5) is 0 Å². The second-order valence-electron chi connectivity index (χ2n) is 2.47. The van der Waals surface area contributed by atoms with Crippen molar-refractivity contribution in [3.8, 4) is 6.07 Å². The lowest BCUT2D eigenvalue weighted by molar-refractivity contribution is 1.02. The van der Waals surface area contributed by atoms with Gasteiger partial charge in [0.15, 0.2) is 0 Å². The molecule has 64 valence electrons. The Labute approximate surface area is 77.9 Å². The van der Waals surface area contributed by atoms with Gasteiger partial charge in [-0.25, -0.2) is 4.99 Å². The monoisotopic (exact) mass is 170 g/mol. The van der Waals surface area contributed by atoms with E-state index in [9.17, 15) is 0 Å². The van der Waals surface area contributed by atoms with Gasteiger partial charge in [0.2, 0.25) is 0 Å². The number of aliphatic imine (C=N–C) groups is 1. The number of benzene rings is 1. The Morgan fingerprint density at radius 1 is 1.31 bits per heavy atom. The average Bonchev–Trinajstić information content (AvgIpc) is 2.19. The Balaban J connectivity index is 2.50. The molecule has 0 aliphatic carbocycles. The van der Waals surface area contributed by atoms with Gasteiger partial charge in [0.25, 0.3) is 0 Å². The van der Waals surface area contributed by atoms with Crippen LogP contribution < -0.4 is 0 Å². The number of nitriles is 1. The Hall–Kier alpha value is -1.84. The van der Waals surface area contributed by atoms with Crippen LogP contribution in [0.1, 0.15) is 12.0 Å². The molecule has 0 fully saturated rings. The van der Waals surface area contributed by atoms with Gasteiger partial charge >= 0.3 is 0 Å². The fourth-order valence-electron chi connectivity index (χ4n) is 0.840. The van der Waals surface area contributed by atoms with E-state index < -0.39 is 0 Å². The predicted molar refractivity (Wildman–Crippen MR) is 53.4 cm³/mol. The van der Waals surface area contributed by atoms with Crippen LogP contribution in [-0.2, 0) is 0 Å². The van der Waals surface area contributed by atoms with Gasteiger partial charge in [0, 0.05) is 6.08 Å². The number of rotatable bonds is 3. The lowest BCUT2D eigenvalue weighted by Gasteiger charge is -1.85. The van der Waals surface area contributed by atoms with Crippen molar-refractivity contribution in [2.75, 3.05) is 6.54 Å². The molecule has 0 saturated heterocycles. The van der Waals surface area contributed by atoms with Crippen molar-refractivity contribution in [3.05, 3.63) is 35.9 Å². The molecule has 0 bridgehead atoms. The predicted octanol–water partition coefficient (Wildman–Crippen LogP) is 2.28. The molecule has 0 N–H and O–H groups in total. The summed E-state index contributed by atoms with van der Waals surface area (Å²) in [5, 5.41) is 8.23. The van der Waals surface area contributed by atoms with Gasteiger partial charge < -0.3 is 0 Å². The number of hydrogen-bond donors (Lipinski definition) is 0. The van der Waals surface area contributed by atoms with Gasteiger partial charge in [-0.15, -0.1) is 0 Å². The molecule has 0 heterocycles. The Bertz CT molecular complexity index is 340. The number of nitrogens with zero attached hydrogens (tertiary/aromatic N) is 2. The van der Waals surface area contributed by atoms with E-state index in [1.165, 1.54) is 0 Å². The van der Waals surface area contributed by atoms with Crippen LogP contribution in [0.5, 0.6) is 0 Å². The molecule has 0 aliphatic heterocycles. The normalized spacial score (nSPS) is 8.23. The van der Waals surface area contributed by atoms with Crippen molar-refractivity contribution in [1.29, 1.82) is 5.26 Å². The van der Waals surface area contributed by atoms with Crippen LogP contribution in [0.25, 0.3) is 6.08 Å². The van der Waals surface area contributed by atoms with Crippen LogP contribution in [0, 0.1) is 11.3 Å². The van der Waals surface area contributed by atoms with Crippen molar-refractivity contribution in [1.82, 2.24) is 0 Å². The van der Waals surface area contributed by atoms with Gasteiger partial charge in [0.1, 0.15) is 0 Å². The smallest absolute Gasteiger partial charge is 0.0641 e. The molecule has 0 aromatic heterocycles. The zero-order valence-electron chi connectivity index (χ0n) is 7.27. The summed E-state index contributed by atoms with van der Waals surface area (Å²) in [5.74, 6) is 2.79. The molecule has 0 spiro atoms. The summed E-state index contributed by atoms with van der Waals surface area (Å²) in [6.07, 6.45) is 2.26. The van der Waals surface area contributed by atoms with Crippen LogP contribution in [0.2, 0.25) is 0 Å². The van der Waals surface area contributed by atoms with E-state index in [-0.39, 0.29) is 0 Å². The molecular formula is C11H10N2. The number of hydrogen-bond acceptors (Lipinski definition) is 2. The summed E-state index contributed by atoms with van der Waals surface area (Å²) in [7, 11) is 0. The first-order valence-corrected chi connectivity index (χ1v) is 4.11. The molecule has 0 unspecified atom stereocenters. The SMILES string of the molecule is N#CCCN=C=Cc1ccccc1. The molecule has 2 nitrogen and oxygen atoms in total. The highest BCUT2D eigenvalue weighted by Crippen LogP contribution is 1.97.